The normalized spacial score (nSPS) is 14.2. The zero-order chi connectivity index (χ0) is 13.1. The smallest absolute Gasteiger partial charge is 0.123 e. The number of benzene rings is 2. The second-order valence-corrected chi connectivity index (χ2v) is 6.32. The molecule has 0 aromatic heterocycles. The first-order valence-electron chi connectivity index (χ1n) is 5.37. The van der Waals surface area contributed by atoms with Crippen molar-refractivity contribution >= 4 is 43.5 Å². The van der Waals surface area contributed by atoms with Crippen LogP contribution < -0.4 is 0 Å². The summed E-state index contributed by atoms with van der Waals surface area (Å²) in [4.78, 5) is 0.166. The lowest BCUT2D eigenvalue weighted by atomic mass is 10.0. The van der Waals surface area contributed by atoms with Crippen molar-refractivity contribution in [3.05, 3.63) is 70.5 Å². The predicted molar refractivity (Wildman–Crippen MR) is 81.2 cm³/mol. The number of halogens is 4. The van der Waals surface area contributed by atoms with E-state index in [-0.39, 0.29) is 15.5 Å². The van der Waals surface area contributed by atoms with Gasteiger partial charge in [-0.2, -0.15) is 0 Å². The molecule has 0 nitrogen and oxygen atoms in total. The Morgan fingerprint density at radius 1 is 0.778 bits per heavy atom. The lowest BCUT2D eigenvalue weighted by Crippen LogP contribution is -1.99. The number of hydrogen-bond donors (Lipinski definition) is 0. The van der Waals surface area contributed by atoms with Crippen molar-refractivity contribution in [2.45, 2.75) is 9.65 Å². The molecule has 0 radical (unpaired) electrons. The second kappa shape index (κ2) is 6.18. The van der Waals surface area contributed by atoms with Gasteiger partial charge in [-0.3, -0.25) is 0 Å². The Balaban J connectivity index is 2.20. The molecule has 0 N–H and O–H groups in total. The molecule has 2 atom stereocenters. The first-order chi connectivity index (χ1) is 8.58. The Labute approximate surface area is 127 Å². The molecular weight excluding hydrogens is 382 g/mol. The Morgan fingerprint density at radius 3 is 1.61 bits per heavy atom. The van der Waals surface area contributed by atoms with Gasteiger partial charge in [0.25, 0.3) is 0 Å². The molecular formula is C14H10Br2ClF. The number of hydrogen-bond acceptors (Lipinski definition) is 0. The molecule has 2 aromatic rings. The third-order valence-electron chi connectivity index (χ3n) is 2.63. The molecule has 2 rings (SSSR count). The lowest BCUT2D eigenvalue weighted by molar-refractivity contribution is 0.627. The minimum Gasteiger partial charge on any atom is -0.207 e. The first-order valence-corrected chi connectivity index (χ1v) is 7.58. The standard InChI is InChI=1S/C14H10Br2ClF/c15-13(9-1-5-11(17)6-2-9)14(16)10-3-7-12(18)8-4-10/h1-8,13-14H/t13-,14-/m1/s1. The van der Waals surface area contributed by atoms with Crippen LogP contribution in [0.5, 0.6) is 0 Å². The summed E-state index contributed by atoms with van der Waals surface area (Å²) in [5.74, 6) is -0.226. The van der Waals surface area contributed by atoms with E-state index in [1.165, 1.54) is 12.1 Å². The highest BCUT2D eigenvalue weighted by Crippen LogP contribution is 2.42. The number of alkyl halides is 2. The average molecular weight is 392 g/mol. The van der Waals surface area contributed by atoms with E-state index in [2.05, 4.69) is 31.9 Å². The SMILES string of the molecule is Fc1ccc([C@@H](Br)[C@H](Br)c2ccc(Cl)cc2)cc1. The molecule has 0 heterocycles. The fraction of sp³-hybridized carbons (Fsp3) is 0.143. The Kier molecular flexibility index (Phi) is 4.82. The van der Waals surface area contributed by atoms with Crippen LogP contribution in [0.25, 0.3) is 0 Å². The summed E-state index contributed by atoms with van der Waals surface area (Å²) < 4.78 is 12.9. The predicted octanol–water partition coefficient (Wildman–Crippen LogP) is 6.05. The quantitative estimate of drug-likeness (QED) is 0.558. The summed E-state index contributed by atoms with van der Waals surface area (Å²) in [6.45, 7) is 0. The average Bonchev–Trinajstić information content (AvgIpc) is 2.39. The van der Waals surface area contributed by atoms with Crippen molar-refractivity contribution in [1.82, 2.24) is 0 Å². The van der Waals surface area contributed by atoms with Gasteiger partial charge in [-0.15, -0.1) is 0 Å². The third kappa shape index (κ3) is 3.34. The van der Waals surface area contributed by atoms with Crippen molar-refractivity contribution in [3.8, 4) is 0 Å². The van der Waals surface area contributed by atoms with Crippen molar-refractivity contribution < 1.29 is 4.39 Å². The molecule has 0 aliphatic carbocycles. The highest BCUT2D eigenvalue weighted by molar-refractivity contribution is 9.12. The van der Waals surface area contributed by atoms with Crippen LogP contribution in [0.3, 0.4) is 0 Å². The molecule has 18 heavy (non-hydrogen) atoms. The van der Waals surface area contributed by atoms with E-state index in [0.29, 0.717) is 5.02 Å². The maximum absolute atomic E-state index is 12.9. The van der Waals surface area contributed by atoms with Crippen LogP contribution in [-0.2, 0) is 0 Å². The minimum absolute atomic E-state index is 0.0688. The minimum atomic E-state index is -0.226. The second-order valence-electron chi connectivity index (χ2n) is 3.91. The molecule has 0 aliphatic rings. The molecule has 94 valence electrons. The molecule has 0 amide bonds. The van der Waals surface area contributed by atoms with E-state index in [1.54, 1.807) is 12.1 Å². The summed E-state index contributed by atoms with van der Waals surface area (Å²) >= 11 is 13.1. The van der Waals surface area contributed by atoms with Crippen LogP contribution in [0.4, 0.5) is 4.39 Å². The number of rotatable bonds is 3. The van der Waals surface area contributed by atoms with Gasteiger partial charge in [-0.05, 0) is 35.4 Å². The Hall–Kier alpha value is -0.380. The molecule has 0 bridgehead atoms. The van der Waals surface area contributed by atoms with Crippen molar-refractivity contribution in [1.29, 1.82) is 0 Å². The van der Waals surface area contributed by atoms with Crippen LogP contribution in [0.1, 0.15) is 20.8 Å². The van der Waals surface area contributed by atoms with Crippen molar-refractivity contribution in [3.63, 3.8) is 0 Å². The van der Waals surface area contributed by atoms with Gasteiger partial charge in [0, 0.05) is 5.02 Å². The zero-order valence-corrected chi connectivity index (χ0v) is 13.2. The van der Waals surface area contributed by atoms with Crippen LogP contribution >= 0.6 is 43.5 Å². The van der Waals surface area contributed by atoms with Crippen LogP contribution in [0.2, 0.25) is 5.02 Å². The molecule has 2 aromatic carbocycles. The van der Waals surface area contributed by atoms with Gasteiger partial charge in [0.2, 0.25) is 0 Å². The maximum atomic E-state index is 12.9. The fourth-order valence-electron chi connectivity index (χ4n) is 1.63. The van der Waals surface area contributed by atoms with E-state index in [9.17, 15) is 4.39 Å². The summed E-state index contributed by atoms with van der Waals surface area (Å²) in [6, 6.07) is 14.1. The van der Waals surface area contributed by atoms with Crippen LogP contribution in [0, 0.1) is 5.82 Å². The highest BCUT2D eigenvalue weighted by Gasteiger charge is 2.19. The van der Waals surface area contributed by atoms with E-state index < -0.39 is 0 Å². The van der Waals surface area contributed by atoms with Gasteiger partial charge >= 0.3 is 0 Å². The van der Waals surface area contributed by atoms with E-state index in [4.69, 9.17) is 11.6 Å². The summed E-state index contributed by atoms with van der Waals surface area (Å²) in [7, 11) is 0. The maximum Gasteiger partial charge on any atom is 0.123 e. The van der Waals surface area contributed by atoms with Gasteiger partial charge in [0.15, 0.2) is 0 Å². The summed E-state index contributed by atoms with van der Waals surface area (Å²) in [5.41, 5.74) is 2.14. The molecule has 0 saturated carbocycles. The fourth-order valence-corrected chi connectivity index (χ4v) is 2.98. The van der Waals surface area contributed by atoms with Gasteiger partial charge < -0.3 is 0 Å². The van der Waals surface area contributed by atoms with Gasteiger partial charge in [0.05, 0.1) is 9.65 Å². The van der Waals surface area contributed by atoms with E-state index in [0.717, 1.165) is 11.1 Å². The summed E-state index contributed by atoms with van der Waals surface area (Å²) in [6.07, 6.45) is 0. The summed E-state index contributed by atoms with van der Waals surface area (Å²) in [5, 5.41) is 0.714. The molecule has 0 spiro atoms. The highest BCUT2D eigenvalue weighted by atomic mass is 79.9. The van der Waals surface area contributed by atoms with E-state index >= 15 is 0 Å². The van der Waals surface area contributed by atoms with E-state index in [1.807, 2.05) is 24.3 Å². The van der Waals surface area contributed by atoms with Crippen LogP contribution in [-0.4, -0.2) is 0 Å². The van der Waals surface area contributed by atoms with Crippen molar-refractivity contribution in [2.24, 2.45) is 0 Å². The van der Waals surface area contributed by atoms with Crippen LogP contribution in [0.15, 0.2) is 48.5 Å². The molecule has 0 unspecified atom stereocenters. The Morgan fingerprint density at radius 2 is 1.17 bits per heavy atom. The molecule has 0 fully saturated rings. The largest absolute Gasteiger partial charge is 0.207 e. The monoisotopic (exact) mass is 390 g/mol. The molecule has 0 aliphatic heterocycles. The third-order valence-corrected chi connectivity index (χ3v) is 5.71. The van der Waals surface area contributed by atoms with Crippen molar-refractivity contribution in [2.75, 3.05) is 0 Å². The van der Waals surface area contributed by atoms with Gasteiger partial charge in [0.1, 0.15) is 5.82 Å². The van der Waals surface area contributed by atoms with Gasteiger partial charge in [-0.1, -0.05) is 67.7 Å². The molecule has 0 saturated heterocycles. The van der Waals surface area contributed by atoms with Gasteiger partial charge in [-0.25, -0.2) is 4.39 Å². The first kappa shape index (κ1) is 14.0. The molecule has 4 heteroatoms. The Bertz CT molecular complexity index is 461. The lowest BCUT2D eigenvalue weighted by Gasteiger charge is -2.17. The zero-order valence-electron chi connectivity index (χ0n) is 9.29. The topological polar surface area (TPSA) is 0 Å².